The molecule has 4 nitrogen and oxygen atoms in total. The van der Waals surface area contributed by atoms with E-state index in [9.17, 15) is 4.79 Å². The minimum absolute atomic E-state index is 0.134. The number of carboxylic acids is 1. The second-order valence-electron chi connectivity index (χ2n) is 2.92. The van der Waals surface area contributed by atoms with E-state index >= 15 is 0 Å². The molecule has 5 heteroatoms. The molecule has 1 aromatic heterocycles. The summed E-state index contributed by atoms with van der Waals surface area (Å²) in [4.78, 5) is 18.4. The number of carbonyl (C=O) groups is 1. The first-order valence-electron chi connectivity index (χ1n) is 4.35. The Morgan fingerprint density at radius 2 is 2.36 bits per heavy atom. The molecule has 0 saturated heterocycles. The molecule has 0 aliphatic carbocycles. The van der Waals surface area contributed by atoms with E-state index in [-0.39, 0.29) is 11.6 Å². The van der Waals surface area contributed by atoms with E-state index in [0.29, 0.717) is 11.4 Å². The highest BCUT2D eigenvalue weighted by Crippen LogP contribution is 2.13. The summed E-state index contributed by atoms with van der Waals surface area (Å²) in [7, 11) is 0. The van der Waals surface area contributed by atoms with Crippen LogP contribution >= 0.6 is 11.6 Å². The van der Waals surface area contributed by atoms with Gasteiger partial charge < -0.3 is 5.11 Å². The number of aliphatic carboxylic acids is 1. The molecule has 0 aliphatic heterocycles. The van der Waals surface area contributed by atoms with Crippen molar-refractivity contribution in [3.63, 3.8) is 0 Å². The fourth-order valence-electron chi connectivity index (χ4n) is 1.05. The van der Waals surface area contributed by atoms with Gasteiger partial charge in [-0.25, -0.2) is 9.97 Å². The summed E-state index contributed by atoms with van der Waals surface area (Å²) in [6.07, 6.45) is 3.04. The molecule has 0 atom stereocenters. The Labute approximate surface area is 87.0 Å². The number of hydrogen-bond donors (Lipinski definition) is 1. The lowest BCUT2D eigenvalue weighted by Crippen LogP contribution is -2.04. The van der Waals surface area contributed by atoms with Crippen LogP contribution in [0.2, 0.25) is 5.15 Å². The van der Waals surface area contributed by atoms with Crippen molar-refractivity contribution in [1.82, 2.24) is 9.97 Å². The Bertz CT molecular complexity index is 342. The van der Waals surface area contributed by atoms with Crippen LogP contribution in [0.4, 0.5) is 0 Å². The maximum absolute atomic E-state index is 10.4. The molecular weight excluding hydrogens is 204 g/mol. The van der Waals surface area contributed by atoms with Gasteiger partial charge >= 0.3 is 5.97 Å². The predicted molar refractivity (Wildman–Crippen MR) is 52.4 cm³/mol. The molecule has 76 valence electrons. The average molecular weight is 215 g/mol. The molecule has 1 aromatic rings. The number of aryl methyl sites for hydroxylation is 1. The van der Waals surface area contributed by atoms with Gasteiger partial charge in [0.05, 0.1) is 6.42 Å². The molecule has 0 spiro atoms. The highest BCUT2D eigenvalue weighted by Gasteiger charge is 2.08. The fraction of sp³-hybridized carbons (Fsp3) is 0.444. The summed E-state index contributed by atoms with van der Waals surface area (Å²) in [5, 5.41) is 8.79. The normalized spacial score (nSPS) is 10.1. The van der Waals surface area contributed by atoms with E-state index in [4.69, 9.17) is 16.7 Å². The van der Waals surface area contributed by atoms with Gasteiger partial charge in [0.25, 0.3) is 0 Å². The van der Waals surface area contributed by atoms with Crippen molar-refractivity contribution in [3.05, 3.63) is 22.7 Å². The molecular formula is C9H11ClN2O2. The second kappa shape index (κ2) is 4.91. The summed E-state index contributed by atoms with van der Waals surface area (Å²) in [5.74, 6) is -0.273. The van der Waals surface area contributed by atoms with E-state index in [0.717, 1.165) is 12.8 Å². The lowest BCUT2D eigenvalue weighted by molar-refractivity contribution is -0.136. The predicted octanol–water partition coefficient (Wildman–Crippen LogP) is 1.71. The van der Waals surface area contributed by atoms with Crippen LogP contribution in [0.1, 0.15) is 24.7 Å². The van der Waals surface area contributed by atoms with Crippen LogP contribution in [0.5, 0.6) is 0 Å². The minimum atomic E-state index is -0.932. The molecule has 1 N–H and O–H groups in total. The van der Waals surface area contributed by atoms with E-state index in [2.05, 4.69) is 9.97 Å². The van der Waals surface area contributed by atoms with Crippen LogP contribution in [0.15, 0.2) is 6.20 Å². The zero-order valence-corrected chi connectivity index (χ0v) is 8.58. The molecule has 0 amide bonds. The maximum atomic E-state index is 10.4. The zero-order chi connectivity index (χ0) is 10.6. The Balaban J connectivity index is 2.84. The van der Waals surface area contributed by atoms with Crippen molar-refractivity contribution < 1.29 is 9.90 Å². The van der Waals surface area contributed by atoms with Gasteiger partial charge in [-0.3, -0.25) is 4.79 Å². The molecule has 0 fully saturated rings. The van der Waals surface area contributed by atoms with Crippen molar-refractivity contribution in [2.75, 3.05) is 0 Å². The molecule has 1 rings (SSSR count). The first-order valence-corrected chi connectivity index (χ1v) is 4.73. The standard InChI is InChI=1S/C9H11ClN2O2/c1-2-3-7-11-5-6(4-8(13)14)9(10)12-7/h5H,2-4H2,1H3,(H,13,14). The van der Waals surface area contributed by atoms with E-state index < -0.39 is 5.97 Å². The lowest BCUT2D eigenvalue weighted by atomic mass is 10.2. The van der Waals surface area contributed by atoms with Gasteiger partial charge in [0.1, 0.15) is 11.0 Å². The molecule has 0 unspecified atom stereocenters. The topological polar surface area (TPSA) is 63.1 Å². The SMILES string of the molecule is CCCc1ncc(CC(=O)O)c(Cl)n1. The zero-order valence-electron chi connectivity index (χ0n) is 7.83. The monoisotopic (exact) mass is 214 g/mol. The van der Waals surface area contributed by atoms with Gasteiger partial charge in [0, 0.05) is 18.2 Å². The molecule has 0 aromatic carbocycles. The number of halogens is 1. The van der Waals surface area contributed by atoms with Gasteiger partial charge in [-0.1, -0.05) is 18.5 Å². The van der Waals surface area contributed by atoms with Crippen LogP contribution in [0, 0.1) is 0 Å². The Kier molecular flexibility index (Phi) is 3.83. The number of hydrogen-bond acceptors (Lipinski definition) is 3. The number of rotatable bonds is 4. The summed E-state index contributed by atoms with van der Waals surface area (Å²) in [6, 6.07) is 0. The van der Waals surface area contributed by atoms with Crippen LogP contribution in [-0.4, -0.2) is 21.0 Å². The van der Waals surface area contributed by atoms with Gasteiger partial charge in [-0.15, -0.1) is 0 Å². The third kappa shape index (κ3) is 2.96. The highest BCUT2D eigenvalue weighted by atomic mass is 35.5. The van der Waals surface area contributed by atoms with Crippen molar-refractivity contribution >= 4 is 17.6 Å². The van der Waals surface area contributed by atoms with E-state index in [1.54, 1.807) is 0 Å². The van der Waals surface area contributed by atoms with E-state index in [1.807, 2.05) is 6.92 Å². The third-order valence-electron chi connectivity index (χ3n) is 1.68. The molecule has 0 aliphatic rings. The van der Waals surface area contributed by atoms with Gasteiger partial charge in [-0.05, 0) is 6.42 Å². The Hall–Kier alpha value is -1.16. The first kappa shape index (κ1) is 10.9. The number of nitrogens with zero attached hydrogens (tertiary/aromatic N) is 2. The molecule has 0 radical (unpaired) electrons. The van der Waals surface area contributed by atoms with E-state index in [1.165, 1.54) is 6.20 Å². The minimum Gasteiger partial charge on any atom is -0.481 e. The molecule has 14 heavy (non-hydrogen) atoms. The Morgan fingerprint density at radius 3 is 2.86 bits per heavy atom. The Morgan fingerprint density at radius 1 is 1.64 bits per heavy atom. The van der Waals surface area contributed by atoms with Crippen LogP contribution in [-0.2, 0) is 17.6 Å². The van der Waals surface area contributed by atoms with Gasteiger partial charge in [0.15, 0.2) is 0 Å². The fourth-order valence-corrected chi connectivity index (χ4v) is 1.26. The number of aromatic nitrogens is 2. The van der Waals surface area contributed by atoms with Crippen LogP contribution in [0.3, 0.4) is 0 Å². The summed E-state index contributed by atoms with van der Waals surface area (Å²) in [5.41, 5.74) is 0.457. The highest BCUT2D eigenvalue weighted by molar-refractivity contribution is 6.30. The smallest absolute Gasteiger partial charge is 0.307 e. The maximum Gasteiger partial charge on any atom is 0.307 e. The molecule has 0 saturated carbocycles. The first-order chi connectivity index (χ1) is 6.63. The summed E-state index contributed by atoms with van der Waals surface area (Å²) >= 11 is 5.79. The van der Waals surface area contributed by atoms with Gasteiger partial charge in [-0.2, -0.15) is 0 Å². The second-order valence-corrected chi connectivity index (χ2v) is 3.28. The summed E-state index contributed by atoms with van der Waals surface area (Å²) in [6.45, 7) is 2.02. The average Bonchev–Trinajstić information content (AvgIpc) is 2.10. The van der Waals surface area contributed by atoms with Crippen molar-refractivity contribution in [1.29, 1.82) is 0 Å². The largest absolute Gasteiger partial charge is 0.481 e. The quantitative estimate of drug-likeness (QED) is 0.775. The third-order valence-corrected chi connectivity index (χ3v) is 2.00. The lowest BCUT2D eigenvalue weighted by Gasteiger charge is -2.02. The summed E-state index contributed by atoms with van der Waals surface area (Å²) < 4.78 is 0. The van der Waals surface area contributed by atoms with Crippen LogP contribution in [0.25, 0.3) is 0 Å². The molecule has 1 heterocycles. The van der Waals surface area contributed by atoms with Crippen molar-refractivity contribution in [2.45, 2.75) is 26.2 Å². The van der Waals surface area contributed by atoms with Crippen LogP contribution < -0.4 is 0 Å². The van der Waals surface area contributed by atoms with Crippen molar-refractivity contribution in [2.24, 2.45) is 0 Å². The number of carboxylic acid groups (broad SMARTS) is 1. The van der Waals surface area contributed by atoms with Crippen molar-refractivity contribution in [3.8, 4) is 0 Å². The van der Waals surface area contributed by atoms with Gasteiger partial charge in [0.2, 0.25) is 0 Å². The molecule has 0 bridgehead atoms.